The van der Waals surface area contributed by atoms with E-state index in [9.17, 15) is 21.6 Å². The van der Waals surface area contributed by atoms with Crippen LogP contribution >= 0.6 is 11.3 Å². The maximum absolute atomic E-state index is 13.2. The molecule has 1 amide bonds. The molecule has 0 spiro atoms. The first kappa shape index (κ1) is 25.1. The van der Waals surface area contributed by atoms with Gasteiger partial charge in [0.2, 0.25) is 15.9 Å². The second kappa shape index (κ2) is 9.73. The second-order valence-electron chi connectivity index (χ2n) is 9.17. The maximum atomic E-state index is 13.2. The number of para-hydroxylation sites is 1. The lowest BCUT2D eigenvalue weighted by molar-refractivity contribution is -0.137. The number of sulfonamides is 1. The van der Waals surface area contributed by atoms with Gasteiger partial charge >= 0.3 is 0 Å². The molecule has 2 aromatic carbocycles. The minimum Gasteiger partial charge on any atom is -0.345 e. The van der Waals surface area contributed by atoms with Crippen LogP contribution in [-0.2, 0) is 24.7 Å². The zero-order valence-electron chi connectivity index (χ0n) is 19.9. The molecular weight excluding hydrogens is 520 g/mol. The summed E-state index contributed by atoms with van der Waals surface area (Å²) in [5, 5.41) is 0.969. The molecule has 0 radical (unpaired) electrons. The average Bonchev–Trinajstić information content (AvgIpc) is 3.32. The quantitative estimate of drug-likeness (QED) is 0.482. The minimum atomic E-state index is -3.98. The van der Waals surface area contributed by atoms with Crippen LogP contribution in [0.2, 0.25) is 0 Å². The van der Waals surface area contributed by atoms with Crippen molar-refractivity contribution < 1.29 is 21.6 Å². The van der Waals surface area contributed by atoms with Crippen molar-refractivity contribution in [2.24, 2.45) is 5.92 Å². The molecule has 0 aliphatic carbocycles. The zero-order chi connectivity index (χ0) is 25.5. The summed E-state index contributed by atoms with van der Waals surface area (Å²) in [6.45, 7) is 3.00. The van der Waals surface area contributed by atoms with Crippen molar-refractivity contribution in [1.29, 1.82) is 0 Å². The van der Waals surface area contributed by atoms with Crippen LogP contribution in [0.1, 0.15) is 12.8 Å². The highest BCUT2D eigenvalue weighted by molar-refractivity contribution is 7.93. The van der Waals surface area contributed by atoms with Crippen molar-refractivity contribution in [2.75, 3.05) is 50.4 Å². The molecular formula is C24H28N4O5S3. The number of aromatic nitrogens is 1. The number of nitrogens with zero attached hydrogens (tertiary/aromatic N) is 4. The van der Waals surface area contributed by atoms with E-state index in [0.29, 0.717) is 39.0 Å². The van der Waals surface area contributed by atoms with E-state index in [1.165, 1.54) is 28.6 Å². The molecule has 2 saturated heterocycles. The Kier molecular flexibility index (Phi) is 6.79. The normalized spacial score (nSPS) is 18.6. The van der Waals surface area contributed by atoms with E-state index in [-0.39, 0.29) is 34.7 Å². The molecule has 0 bridgehead atoms. The lowest BCUT2D eigenvalue weighted by Crippen LogP contribution is -2.52. The van der Waals surface area contributed by atoms with E-state index in [1.807, 2.05) is 23.1 Å². The third-order valence-corrected chi connectivity index (χ3v) is 11.2. The Balaban J connectivity index is 1.19. The SMILES string of the molecule is CS(=O)(=O)c1ccccc1S(=O)(=O)N1CCC(C(=O)N2CCN(c3nc4ccccc4s3)CC2)CC1. The Bertz CT molecular complexity index is 1450. The highest BCUT2D eigenvalue weighted by Gasteiger charge is 2.36. The monoisotopic (exact) mass is 548 g/mol. The number of piperidine rings is 1. The largest absolute Gasteiger partial charge is 0.345 e. The van der Waals surface area contributed by atoms with Crippen molar-refractivity contribution in [2.45, 2.75) is 22.6 Å². The molecule has 0 N–H and O–H groups in total. The number of sulfone groups is 1. The predicted octanol–water partition coefficient (Wildman–Crippen LogP) is 2.45. The van der Waals surface area contributed by atoms with Gasteiger partial charge in [0.15, 0.2) is 15.0 Å². The molecule has 2 aliphatic rings. The second-order valence-corrected chi connectivity index (χ2v) is 14.1. The van der Waals surface area contributed by atoms with E-state index >= 15 is 0 Å². The highest BCUT2D eigenvalue weighted by Crippen LogP contribution is 2.31. The molecule has 2 fully saturated rings. The molecule has 3 aromatic rings. The van der Waals surface area contributed by atoms with Crippen molar-refractivity contribution in [3.05, 3.63) is 48.5 Å². The molecule has 3 heterocycles. The Hall–Kier alpha value is -2.54. The number of hydrogen-bond acceptors (Lipinski definition) is 8. The van der Waals surface area contributed by atoms with Gasteiger partial charge in [0, 0.05) is 51.4 Å². The Morgan fingerprint density at radius 1 is 0.861 bits per heavy atom. The van der Waals surface area contributed by atoms with E-state index < -0.39 is 19.9 Å². The third-order valence-electron chi connectivity index (χ3n) is 6.81. The van der Waals surface area contributed by atoms with Gasteiger partial charge in [0.25, 0.3) is 0 Å². The molecule has 1 aromatic heterocycles. The van der Waals surface area contributed by atoms with Crippen LogP contribution in [0, 0.1) is 5.92 Å². The van der Waals surface area contributed by atoms with Crippen LogP contribution in [0.3, 0.4) is 0 Å². The third kappa shape index (κ3) is 4.86. The first-order chi connectivity index (χ1) is 17.1. The first-order valence-electron chi connectivity index (χ1n) is 11.8. The summed E-state index contributed by atoms with van der Waals surface area (Å²) in [7, 11) is -7.68. The summed E-state index contributed by atoms with van der Waals surface area (Å²) < 4.78 is 53.1. The van der Waals surface area contributed by atoms with Gasteiger partial charge < -0.3 is 9.80 Å². The van der Waals surface area contributed by atoms with Gasteiger partial charge in [0.05, 0.1) is 15.1 Å². The molecule has 5 rings (SSSR count). The van der Waals surface area contributed by atoms with E-state index in [0.717, 1.165) is 21.6 Å². The summed E-state index contributed by atoms with van der Waals surface area (Å²) in [6.07, 6.45) is 1.83. The van der Waals surface area contributed by atoms with Crippen molar-refractivity contribution in [3.8, 4) is 0 Å². The molecule has 2 aliphatic heterocycles. The van der Waals surface area contributed by atoms with E-state index in [2.05, 4.69) is 11.0 Å². The van der Waals surface area contributed by atoms with Crippen LogP contribution in [0.4, 0.5) is 5.13 Å². The van der Waals surface area contributed by atoms with Gasteiger partial charge in [0.1, 0.15) is 4.90 Å². The number of amides is 1. The summed E-state index contributed by atoms with van der Waals surface area (Å²) in [5.74, 6) is -0.178. The van der Waals surface area contributed by atoms with Gasteiger partial charge in [-0.15, -0.1) is 0 Å². The number of anilines is 1. The fourth-order valence-corrected chi connectivity index (χ4v) is 8.91. The summed E-state index contributed by atoms with van der Waals surface area (Å²) >= 11 is 1.66. The molecule has 192 valence electrons. The van der Waals surface area contributed by atoms with Crippen molar-refractivity contribution in [3.63, 3.8) is 0 Å². The number of hydrogen-bond donors (Lipinski definition) is 0. The van der Waals surface area contributed by atoms with Crippen LogP contribution in [-0.4, -0.2) is 82.5 Å². The zero-order valence-corrected chi connectivity index (χ0v) is 22.4. The van der Waals surface area contributed by atoms with Crippen LogP contribution in [0.15, 0.2) is 58.3 Å². The van der Waals surface area contributed by atoms with Gasteiger partial charge in [-0.05, 0) is 37.1 Å². The average molecular weight is 549 g/mol. The fourth-order valence-electron chi connectivity index (χ4n) is 4.82. The molecule has 0 unspecified atom stereocenters. The lowest BCUT2D eigenvalue weighted by atomic mass is 9.96. The van der Waals surface area contributed by atoms with Crippen molar-refractivity contribution >= 4 is 52.5 Å². The first-order valence-corrected chi connectivity index (χ1v) is 16.0. The minimum absolute atomic E-state index is 0.0625. The van der Waals surface area contributed by atoms with Crippen LogP contribution in [0.5, 0.6) is 0 Å². The Morgan fingerprint density at radius 2 is 1.47 bits per heavy atom. The smallest absolute Gasteiger partial charge is 0.244 e. The number of fused-ring (bicyclic) bond motifs is 1. The highest BCUT2D eigenvalue weighted by atomic mass is 32.2. The topological polar surface area (TPSA) is 108 Å². The molecule has 9 nitrogen and oxygen atoms in total. The van der Waals surface area contributed by atoms with E-state index in [1.54, 1.807) is 11.3 Å². The Labute approximate surface area is 215 Å². The summed E-state index contributed by atoms with van der Waals surface area (Å²) in [4.78, 5) is 21.6. The predicted molar refractivity (Wildman–Crippen MR) is 139 cm³/mol. The van der Waals surface area contributed by atoms with Crippen LogP contribution in [0.25, 0.3) is 10.2 Å². The number of piperazine rings is 1. The van der Waals surface area contributed by atoms with Crippen LogP contribution < -0.4 is 4.90 Å². The number of benzene rings is 2. The van der Waals surface area contributed by atoms with Gasteiger partial charge in [-0.2, -0.15) is 4.31 Å². The van der Waals surface area contributed by atoms with Gasteiger partial charge in [-0.1, -0.05) is 35.6 Å². The number of carbonyl (C=O) groups excluding carboxylic acids is 1. The van der Waals surface area contributed by atoms with E-state index in [4.69, 9.17) is 4.98 Å². The van der Waals surface area contributed by atoms with Crippen molar-refractivity contribution in [1.82, 2.24) is 14.2 Å². The summed E-state index contributed by atoms with van der Waals surface area (Å²) in [5.41, 5.74) is 0.983. The number of thiazole rings is 1. The molecule has 0 atom stereocenters. The maximum Gasteiger partial charge on any atom is 0.244 e. The molecule has 12 heteroatoms. The van der Waals surface area contributed by atoms with Gasteiger partial charge in [-0.25, -0.2) is 21.8 Å². The standard InChI is InChI=1S/C24H28N4O5S3/c1-35(30,31)21-8-4-5-9-22(21)36(32,33)28-12-10-18(11-13-28)23(29)26-14-16-27(17-15-26)24-25-19-6-2-3-7-20(19)34-24/h2-9,18H,10-17H2,1H3. The molecule has 0 saturated carbocycles. The van der Waals surface area contributed by atoms with Gasteiger partial charge in [-0.3, -0.25) is 4.79 Å². The lowest BCUT2D eigenvalue weighted by Gasteiger charge is -2.38. The summed E-state index contributed by atoms with van der Waals surface area (Å²) in [6, 6.07) is 13.7. The Morgan fingerprint density at radius 3 is 2.11 bits per heavy atom. The molecule has 36 heavy (non-hydrogen) atoms. The number of rotatable bonds is 5. The number of carbonyl (C=O) groups is 1. The fraction of sp³-hybridized carbons (Fsp3) is 0.417.